The molecule has 0 spiro atoms. The predicted octanol–water partition coefficient (Wildman–Crippen LogP) is 6.87. The van der Waals surface area contributed by atoms with Crippen LogP contribution in [0.25, 0.3) is 20.8 Å². The van der Waals surface area contributed by atoms with Crippen LogP contribution in [0.3, 0.4) is 0 Å². The minimum absolute atomic E-state index is 0.0616. The molecule has 1 atom stereocenters. The monoisotopic (exact) mass is 593 g/mol. The van der Waals surface area contributed by atoms with Crippen molar-refractivity contribution in [3.8, 4) is 10.6 Å². The van der Waals surface area contributed by atoms with Crippen LogP contribution in [-0.2, 0) is 27.2 Å². The quantitative estimate of drug-likeness (QED) is 0.184. The molecule has 1 unspecified atom stereocenters. The number of aryl methyl sites for hydroxylation is 1. The molecule has 4 aromatic carbocycles. The highest BCUT2D eigenvalue weighted by atomic mass is 35.5. The van der Waals surface area contributed by atoms with E-state index in [2.05, 4.69) is 13.0 Å². The van der Waals surface area contributed by atoms with Crippen LogP contribution in [0.2, 0.25) is 5.02 Å². The Morgan fingerprint density at radius 3 is 2.48 bits per heavy atom. The highest BCUT2D eigenvalue weighted by Crippen LogP contribution is 2.33. The van der Waals surface area contributed by atoms with Crippen LogP contribution in [0.5, 0.6) is 0 Å². The van der Waals surface area contributed by atoms with E-state index in [9.17, 15) is 14.4 Å². The summed E-state index contributed by atoms with van der Waals surface area (Å²) < 4.78 is 1.11. The first-order valence-corrected chi connectivity index (χ1v) is 15.0. The van der Waals surface area contributed by atoms with Crippen LogP contribution in [0.1, 0.15) is 23.1 Å². The van der Waals surface area contributed by atoms with E-state index in [4.69, 9.17) is 16.6 Å². The molecule has 42 heavy (non-hydrogen) atoms. The average molecular weight is 594 g/mol. The molecule has 0 saturated carbocycles. The van der Waals surface area contributed by atoms with Gasteiger partial charge in [0.2, 0.25) is 11.8 Å². The van der Waals surface area contributed by atoms with Gasteiger partial charge in [0.25, 0.3) is 5.91 Å². The number of aromatic nitrogens is 1. The summed E-state index contributed by atoms with van der Waals surface area (Å²) in [6.45, 7) is 2.35. The number of imide groups is 1. The standard InChI is InChI=1S/C34H28ClN3O3S/c1-22-10-15-28-30(18-22)42-33(36-28)25-11-13-27(14-12-25)38-32(40)21-29(34(38)41)37(17-16-24-8-5-9-26(35)19-24)31(39)20-23-6-3-2-4-7-23/h2-15,18-19,29H,16-17,20-21H2,1H3. The third-order valence-electron chi connectivity index (χ3n) is 7.46. The summed E-state index contributed by atoms with van der Waals surface area (Å²) in [6, 6.07) is 29.5. The maximum atomic E-state index is 13.8. The Morgan fingerprint density at radius 2 is 1.71 bits per heavy atom. The summed E-state index contributed by atoms with van der Waals surface area (Å²) in [5.74, 6) is -0.915. The van der Waals surface area contributed by atoms with E-state index in [1.165, 1.54) is 10.5 Å². The minimum atomic E-state index is -0.875. The van der Waals surface area contributed by atoms with Crippen molar-refractivity contribution in [3.05, 3.63) is 119 Å². The molecule has 3 amide bonds. The van der Waals surface area contributed by atoms with Gasteiger partial charge >= 0.3 is 0 Å². The molecule has 8 heteroatoms. The predicted molar refractivity (Wildman–Crippen MR) is 168 cm³/mol. The molecule has 1 aliphatic rings. The highest BCUT2D eigenvalue weighted by molar-refractivity contribution is 7.21. The van der Waals surface area contributed by atoms with Crippen molar-refractivity contribution in [1.82, 2.24) is 9.88 Å². The van der Waals surface area contributed by atoms with Gasteiger partial charge < -0.3 is 4.90 Å². The van der Waals surface area contributed by atoms with Crippen molar-refractivity contribution in [2.45, 2.75) is 32.2 Å². The number of benzene rings is 4. The van der Waals surface area contributed by atoms with Gasteiger partial charge in [-0.2, -0.15) is 0 Å². The number of fused-ring (bicyclic) bond motifs is 1. The largest absolute Gasteiger partial charge is 0.329 e. The van der Waals surface area contributed by atoms with E-state index >= 15 is 0 Å². The van der Waals surface area contributed by atoms with E-state index in [1.54, 1.807) is 34.4 Å². The highest BCUT2D eigenvalue weighted by Gasteiger charge is 2.44. The number of halogens is 1. The minimum Gasteiger partial charge on any atom is -0.329 e. The number of nitrogens with zero attached hydrogens (tertiary/aromatic N) is 3. The topological polar surface area (TPSA) is 70.6 Å². The molecular formula is C34H28ClN3O3S. The number of rotatable bonds is 8. The first-order chi connectivity index (χ1) is 20.4. The van der Waals surface area contributed by atoms with Crippen molar-refractivity contribution < 1.29 is 14.4 Å². The van der Waals surface area contributed by atoms with Crippen LogP contribution in [0.15, 0.2) is 97.1 Å². The van der Waals surface area contributed by atoms with Crippen LogP contribution in [-0.4, -0.2) is 40.2 Å². The van der Waals surface area contributed by atoms with Crippen molar-refractivity contribution in [3.63, 3.8) is 0 Å². The molecular weight excluding hydrogens is 566 g/mol. The molecule has 1 aliphatic heterocycles. The van der Waals surface area contributed by atoms with Crippen molar-refractivity contribution in [1.29, 1.82) is 0 Å². The van der Waals surface area contributed by atoms with Crippen molar-refractivity contribution >= 4 is 56.6 Å². The average Bonchev–Trinajstić information content (AvgIpc) is 3.53. The first-order valence-electron chi connectivity index (χ1n) is 13.8. The second-order valence-electron chi connectivity index (χ2n) is 10.5. The lowest BCUT2D eigenvalue weighted by Crippen LogP contribution is -2.47. The Morgan fingerprint density at radius 1 is 0.952 bits per heavy atom. The van der Waals surface area contributed by atoms with Gasteiger partial charge in [-0.3, -0.25) is 14.4 Å². The third-order valence-corrected chi connectivity index (χ3v) is 8.77. The van der Waals surface area contributed by atoms with E-state index in [1.807, 2.05) is 72.8 Å². The number of anilines is 1. The molecule has 0 radical (unpaired) electrons. The molecule has 2 heterocycles. The van der Waals surface area contributed by atoms with Gasteiger partial charge in [-0.05, 0) is 78.6 Å². The number of hydrogen-bond acceptors (Lipinski definition) is 5. The van der Waals surface area contributed by atoms with Crippen molar-refractivity contribution in [2.24, 2.45) is 0 Å². The van der Waals surface area contributed by atoms with E-state index in [0.29, 0.717) is 23.7 Å². The lowest BCUT2D eigenvalue weighted by molar-refractivity contribution is -0.137. The molecule has 6 rings (SSSR count). The first kappa shape index (κ1) is 27.8. The number of hydrogen-bond donors (Lipinski definition) is 0. The fourth-order valence-corrected chi connectivity index (χ4v) is 6.59. The maximum absolute atomic E-state index is 13.8. The SMILES string of the molecule is Cc1ccc2nc(-c3ccc(N4C(=O)CC(N(CCc5cccc(Cl)c5)C(=O)Cc5ccccc5)C4=O)cc3)sc2c1. The van der Waals surface area contributed by atoms with Gasteiger partial charge in [-0.1, -0.05) is 60.1 Å². The summed E-state index contributed by atoms with van der Waals surface area (Å²) in [5, 5.41) is 1.48. The molecule has 0 bridgehead atoms. The molecule has 210 valence electrons. The Balaban J connectivity index is 1.23. The summed E-state index contributed by atoms with van der Waals surface area (Å²) in [7, 11) is 0. The second kappa shape index (κ2) is 11.9. The molecule has 0 aliphatic carbocycles. The van der Waals surface area contributed by atoms with Crippen LogP contribution < -0.4 is 4.90 Å². The van der Waals surface area contributed by atoms with Crippen LogP contribution >= 0.6 is 22.9 Å². The molecule has 1 saturated heterocycles. The van der Waals surface area contributed by atoms with Crippen molar-refractivity contribution in [2.75, 3.05) is 11.4 Å². The summed E-state index contributed by atoms with van der Waals surface area (Å²) in [4.78, 5) is 48.1. The van der Waals surface area contributed by atoms with E-state index < -0.39 is 11.9 Å². The van der Waals surface area contributed by atoms with E-state index in [-0.39, 0.29) is 24.7 Å². The van der Waals surface area contributed by atoms with Gasteiger partial charge in [0.05, 0.1) is 28.7 Å². The molecule has 0 N–H and O–H groups in total. The molecule has 6 nitrogen and oxygen atoms in total. The van der Waals surface area contributed by atoms with Crippen LogP contribution in [0, 0.1) is 6.92 Å². The lowest BCUT2D eigenvalue weighted by Gasteiger charge is -2.28. The summed E-state index contributed by atoms with van der Waals surface area (Å²) in [5.41, 5.74) is 5.32. The van der Waals surface area contributed by atoms with Gasteiger partial charge in [0.1, 0.15) is 11.0 Å². The second-order valence-corrected chi connectivity index (χ2v) is 11.9. The zero-order valence-corrected chi connectivity index (χ0v) is 24.6. The zero-order valence-electron chi connectivity index (χ0n) is 23.0. The molecule has 1 fully saturated rings. The third kappa shape index (κ3) is 5.84. The van der Waals surface area contributed by atoms with Gasteiger partial charge in [-0.15, -0.1) is 11.3 Å². The summed E-state index contributed by atoms with van der Waals surface area (Å²) >= 11 is 7.78. The fourth-order valence-electron chi connectivity index (χ4n) is 5.31. The molecule has 1 aromatic heterocycles. The van der Waals surface area contributed by atoms with E-state index in [0.717, 1.165) is 31.9 Å². The Hall–Kier alpha value is -4.33. The number of amides is 3. The Kier molecular flexibility index (Phi) is 7.87. The van der Waals surface area contributed by atoms with Crippen LogP contribution in [0.4, 0.5) is 5.69 Å². The van der Waals surface area contributed by atoms with Gasteiger partial charge in [0.15, 0.2) is 0 Å². The summed E-state index contributed by atoms with van der Waals surface area (Å²) in [6.07, 6.45) is 0.591. The number of thiazole rings is 1. The fraction of sp³-hybridized carbons (Fsp3) is 0.176. The Labute approximate surface area is 253 Å². The van der Waals surface area contributed by atoms with Gasteiger partial charge in [0, 0.05) is 17.1 Å². The van der Waals surface area contributed by atoms with Gasteiger partial charge in [-0.25, -0.2) is 9.88 Å². The molecule has 5 aromatic rings. The lowest BCUT2D eigenvalue weighted by atomic mass is 10.1. The number of carbonyl (C=O) groups is 3. The zero-order chi connectivity index (χ0) is 29.2. The number of carbonyl (C=O) groups excluding carboxylic acids is 3. The smallest absolute Gasteiger partial charge is 0.257 e. The Bertz CT molecular complexity index is 1790. The normalized spacial score (nSPS) is 15.0. The maximum Gasteiger partial charge on any atom is 0.257 e.